The second-order valence-electron chi connectivity index (χ2n) is 7.73. The highest BCUT2D eigenvalue weighted by Gasteiger charge is 2.27. The molecular weight excluding hydrogens is 428 g/mol. The standard InChI is InChI=1S/C23H22N4O2S2/c1-15-6-4-7-16(12-15)21-25-26-23(29-21)30-14-20(28)27-11-5-8-17(13-27)22-24-18-9-2-3-10-19(18)31-22/h2-4,6-7,9-10,12,17H,5,8,11,13-14H2,1H3/t17-/m1/s1. The number of aromatic nitrogens is 3. The van der Waals surface area contributed by atoms with Crippen LogP contribution in [0, 0.1) is 6.92 Å². The van der Waals surface area contributed by atoms with Gasteiger partial charge in [-0.15, -0.1) is 21.5 Å². The Kier molecular flexibility index (Phi) is 5.74. The van der Waals surface area contributed by atoms with Crippen molar-refractivity contribution in [3.63, 3.8) is 0 Å². The molecule has 1 amide bonds. The number of amides is 1. The molecule has 0 bridgehead atoms. The summed E-state index contributed by atoms with van der Waals surface area (Å²) in [5.41, 5.74) is 3.07. The number of nitrogens with zero attached hydrogens (tertiary/aromatic N) is 4. The van der Waals surface area contributed by atoms with Gasteiger partial charge in [0, 0.05) is 24.6 Å². The molecule has 6 nitrogen and oxygen atoms in total. The number of para-hydroxylation sites is 1. The van der Waals surface area contributed by atoms with Crippen LogP contribution in [0.5, 0.6) is 0 Å². The van der Waals surface area contributed by atoms with Crippen LogP contribution in [0.2, 0.25) is 0 Å². The number of aryl methyl sites for hydroxylation is 1. The molecule has 1 saturated heterocycles. The third-order valence-electron chi connectivity index (χ3n) is 5.42. The Labute approximate surface area is 188 Å². The van der Waals surface area contributed by atoms with E-state index < -0.39 is 0 Å². The largest absolute Gasteiger partial charge is 0.411 e. The summed E-state index contributed by atoms with van der Waals surface area (Å²) in [6.07, 6.45) is 2.06. The van der Waals surface area contributed by atoms with Crippen molar-refractivity contribution in [1.82, 2.24) is 20.1 Å². The Morgan fingerprint density at radius 3 is 3.00 bits per heavy atom. The number of thioether (sulfide) groups is 1. The monoisotopic (exact) mass is 450 g/mol. The lowest BCUT2D eigenvalue weighted by Gasteiger charge is -2.31. The summed E-state index contributed by atoms with van der Waals surface area (Å²) in [6, 6.07) is 16.1. The summed E-state index contributed by atoms with van der Waals surface area (Å²) >= 11 is 3.04. The summed E-state index contributed by atoms with van der Waals surface area (Å²) in [6.45, 7) is 3.53. The first-order chi connectivity index (χ1) is 15.2. The molecule has 3 heterocycles. The molecular formula is C23H22N4O2S2. The first-order valence-corrected chi connectivity index (χ1v) is 12.1. The van der Waals surface area contributed by atoms with E-state index in [1.54, 1.807) is 11.3 Å². The van der Waals surface area contributed by atoms with Gasteiger partial charge in [0.25, 0.3) is 5.22 Å². The third kappa shape index (κ3) is 4.50. The summed E-state index contributed by atoms with van der Waals surface area (Å²) in [5.74, 6) is 1.18. The molecule has 0 radical (unpaired) electrons. The van der Waals surface area contributed by atoms with Gasteiger partial charge in [-0.3, -0.25) is 4.79 Å². The minimum atomic E-state index is 0.103. The van der Waals surface area contributed by atoms with Crippen molar-refractivity contribution in [3.8, 4) is 11.5 Å². The average molecular weight is 451 g/mol. The van der Waals surface area contributed by atoms with Crippen molar-refractivity contribution in [2.75, 3.05) is 18.8 Å². The highest BCUT2D eigenvalue weighted by atomic mass is 32.2. The van der Waals surface area contributed by atoms with Crippen LogP contribution in [-0.4, -0.2) is 44.8 Å². The number of thiazole rings is 1. The number of rotatable bonds is 5. The maximum Gasteiger partial charge on any atom is 0.277 e. The molecule has 0 unspecified atom stereocenters. The molecule has 31 heavy (non-hydrogen) atoms. The fourth-order valence-electron chi connectivity index (χ4n) is 3.85. The van der Waals surface area contributed by atoms with Crippen LogP contribution in [0.1, 0.15) is 29.3 Å². The maximum absolute atomic E-state index is 12.8. The smallest absolute Gasteiger partial charge is 0.277 e. The highest BCUT2D eigenvalue weighted by molar-refractivity contribution is 7.99. The Morgan fingerprint density at radius 2 is 2.13 bits per heavy atom. The maximum atomic E-state index is 12.8. The van der Waals surface area contributed by atoms with E-state index in [4.69, 9.17) is 9.40 Å². The first kappa shape index (κ1) is 20.2. The number of hydrogen-bond acceptors (Lipinski definition) is 7. The molecule has 1 aliphatic rings. The third-order valence-corrected chi connectivity index (χ3v) is 7.43. The van der Waals surface area contributed by atoms with E-state index in [9.17, 15) is 4.79 Å². The van der Waals surface area contributed by atoms with E-state index >= 15 is 0 Å². The molecule has 2 aromatic carbocycles. The first-order valence-electron chi connectivity index (χ1n) is 10.3. The summed E-state index contributed by atoms with van der Waals surface area (Å²) in [7, 11) is 0. The lowest BCUT2D eigenvalue weighted by molar-refractivity contribution is -0.129. The fraction of sp³-hybridized carbons (Fsp3) is 0.304. The van der Waals surface area contributed by atoms with Crippen molar-refractivity contribution >= 4 is 39.2 Å². The molecule has 0 N–H and O–H groups in total. The summed E-state index contributed by atoms with van der Waals surface area (Å²) in [5, 5.41) is 9.77. The molecule has 4 aromatic rings. The van der Waals surface area contributed by atoms with Crippen LogP contribution in [0.4, 0.5) is 0 Å². The predicted molar refractivity (Wildman–Crippen MR) is 123 cm³/mol. The van der Waals surface area contributed by atoms with E-state index in [2.05, 4.69) is 16.3 Å². The SMILES string of the molecule is Cc1cccc(-c2nnc(SCC(=O)N3CCC[C@@H](c4nc5ccccc5s4)C3)o2)c1. The van der Waals surface area contributed by atoms with Crippen molar-refractivity contribution in [3.05, 3.63) is 59.1 Å². The molecule has 8 heteroatoms. The molecule has 1 fully saturated rings. The number of carbonyl (C=O) groups excluding carboxylic acids is 1. The zero-order chi connectivity index (χ0) is 21.2. The molecule has 5 rings (SSSR count). The van der Waals surface area contributed by atoms with Crippen LogP contribution in [0.15, 0.2) is 58.2 Å². The number of fused-ring (bicyclic) bond motifs is 1. The molecule has 0 saturated carbocycles. The van der Waals surface area contributed by atoms with Gasteiger partial charge in [-0.05, 0) is 44.0 Å². The van der Waals surface area contributed by atoms with Gasteiger partial charge >= 0.3 is 0 Å². The minimum Gasteiger partial charge on any atom is -0.411 e. The Balaban J connectivity index is 1.20. The number of piperidine rings is 1. The topological polar surface area (TPSA) is 72.1 Å². The number of hydrogen-bond donors (Lipinski definition) is 0. The van der Waals surface area contributed by atoms with Crippen LogP contribution in [0.25, 0.3) is 21.7 Å². The predicted octanol–water partition coefficient (Wildman–Crippen LogP) is 5.15. The lowest BCUT2D eigenvalue weighted by atomic mass is 9.99. The zero-order valence-corrected chi connectivity index (χ0v) is 18.8. The molecule has 1 atom stereocenters. The van der Waals surface area contributed by atoms with Gasteiger partial charge in [-0.1, -0.05) is 41.6 Å². The van der Waals surface area contributed by atoms with E-state index in [1.165, 1.54) is 16.5 Å². The number of benzene rings is 2. The van der Waals surface area contributed by atoms with Crippen molar-refractivity contribution < 1.29 is 9.21 Å². The highest BCUT2D eigenvalue weighted by Crippen LogP contribution is 2.33. The second-order valence-corrected chi connectivity index (χ2v) is 9.72. The van der Waals surface area contributed by atoms with Crippen molar-refractivity contribution in [2.24, 2.45) is 0 Å². The lowest BCUT2D eigenvalue weighted by Crippen LogP contribution is -2.40. The normalized spacial score (nSPS) is 16.7. The summed E-state index contributed by atoms with van der Waals surface area (Å²) < 4.78 is 6.95. The molecule has 0 spiro atoms. The van der Waals surface area contributed by atoms with Gasteiger partial charge in [0.05, 0.1) is 21.0 Å². The van der Waals surface area contributed by atoms with Crippen LogP contribution < -0.4 is 0 Å². The van der Waals surface area contributed by atoms with Crippen molar-refractivity contribution in [1.29, 1.82) is 0 Å². The zero-order valence-electron chi connectivity index (χ0n) is 17.2. The van der Waals surface area contributed by atoms with Gasteiger partial charge in [-0.2, -0.15) is 0 Å². The van der Waals surface area contributed by atoms with Gasteiger partial charge in [0.1, 0.15) is 0 Å². The molecule has 2 aromatic heterocycles. The average Bonchev–Trinajstić information content (AvgIpc) is 3.45. The van der Waals surface area contributed by atoms with Gasteiger partial charge in [-0.25, -0.2) is 4.98 Å². The van der Waals surface area contributed by atoms with Gasteiger partial charge < -0.3 is 9.32 Å². The number of likely N-dealkylation sites (tertiary alicyclic amines) is 1. The van der Waals surface area contributed by atoms with Gasteiger partial charge in [0.15, 0.2) is 0 Å². The van der Waals surface area contributed by atoms with Crippen LogP contribution in [-0.2, 0) is 4.79 Å². The second kappa shape index (κ2) is 8.80. The minimum absolute atomic E-state index is 0.103. The van der Waals surface area contributed by atoms with E-state index in [-0.39, 0.29) is 5.91 Å². The quantitative estimate of drug-likeness (QED) is 0.392. The molecule has 1 aliphatic heterocycles. The Hall–Kier alpha value is -2.71. The van der Waals surface area contributed by atoms with Gasteiger partial charge in [0.2, 0.25) is 11.8 Å². The van der Waals surface area contributed by atoms with E-state index in [0.29, 0.717) is 22.8 Å². The fourth-order valence-corrected chi connectivity index (χ4v) is 5.61. The van der Waals surface area contributed by atoms with Crippen molar-refractivity contribution in [2.45, 2.75) is 30.9 Å². The summed E-state index contributed by atoms with van der Waals surface area (Å²) in [4.78, 5) is 19.6. The van der Waals surface area contributed by atoms with Crippen LogP contribution in [0.3, 0.4) is 0 Å². The van der Waals surface area contributed by atoms with Crippen LogP contribution >= 0.6 is 23.1 Å². The molecule has 0 aliphatic carbocycles. The Morgan fingerprint density at radius 1 is 1.23 bits per heavy atom. The van der Waals surface area contributed by atoms with E-state index in [1.807, 2.05) is 54.3 Å². The number of carbonyl (C=O) groups is 1. The Bertz CT molecular complexity index is 1190. The van der Waals surface area contributed by atoms with E-state index in [0.717, 1.165) is 47.6 Å². The molecule has 158 valence electrons.